The summed E-state index contributed by atoms with van der Waals surface area (Å²) in [6, 6.07) is 5.10. The van der Waals surface area contributed by atoms with E-state index in [2.05, 4.69) is 19.2 Å². The first-order valence-corrected chi connectivity index (χ1v) is 7.05. The largest absolute Gasteiger partial charge is 0.381 e. The van der Waals surface area contributed by atoms with E-state index in [1.165, 1.54) is 6.07 Å². The number of benzene rings is 1. The summed E-state index contributed by atoms with van der Waals surface area (Å²) in [5.74, 6) is 0.493. The van der Waals surface area contributed by atoms with Crippen molar-refractivity contribution in [3.8, 4) is 0 Å². The molecule has 0 aliphatic heterocycles. The van der Waals surface area contributed by atoms with Gasteiger partial charge < -0.3 is 10.1 Å². The van der Waals surface area contributed by atoms with Crippen LogP contribution in [-0.4, -0.2) is 20.3 Å². The monoisotopic (exact) mass is 267 g/mol. The average molecular weight is 267 g/mol. The second-order valence-electron chi connectivity index (χ2n) is 5.43. The van der Waals surface area contributed by atoms with E-state index < -0.39 is 0 Å². The van der Waals surface area contributed by atoms with Gasteiger partial charge in [-0.25, -0.2) is 4.39 Å². The zero-order valence-electron chi connectivity index (χ0n) is 12.5. The maximum absolute atomic E-state index is 13.3. The number of ether oxygens (including phenoxy) is 1. The fourth-order valence-electron chi connectivity index (χ4n) is 2.06. The van der Waals surface area contributed by atoms with Crippen LogP contribution in [0.15, 0.2) is 18.2 Å². The standard InChI is InChI=1S/C16H26FNO/c1-12(2)7-9-19-10-8-16(18-4)15-11-14(17)6-5-13(15)3/h5-6,11-12,16,18H,7-10H2,1-4H3. The van der Waals surface area contributed by atoms with Gasteiger partial charge in [0.25, 0.3) is 0 Å². The van der Waals surface area contributed by atoms with Gasteiger partial charge in [0.15, 0.2) is 0 Å². The normalized spacial score (nSPS) is 12.9. The quantitative estimate of drug-likeness (QED) is 0.722. The van der Waals surface area contributed by atoms with E-state index in [0.29, 0.717) is 12.5 Å². The van der Waals surface area contributed by atoms with Crippen LogP contribution in [-0.2, 0) is 4.74 Å². The summed E-state index contributed by atoms with van der Waals surface area (Å²) in [6.45, 7) is 7.90. The van der Waals surface area contributed by atoms with Crippen LogP contribution in [0.2, 0.25) is 0 Å². The number of hydrogen-bond donors (Lipinski definition) is 1. The molecule has 2 nitrogen and oxygen atoms in total. The van der Waals surface area contributed by atoms with Crippen LogP contribution in [0.1, 0.15) is 43.9 Å². The van der Waals surface area contributed by atoms with E-state index in [-0.39, 0.29) is 11.9 Å². The summed E-state index contributed by atoms with van der Waals surface area (Å²) in [5, 5.41) is 3.24. The second kappa shape index (κ2) is 8.28. The highest BCUT2D eigenvalue weighted by Gasteiger charge is 2.12. The van der Waals surface area contributed by atoms with Crippen LogP contribution < -0.4 is 5.32 Å². The molecule has 108 valence electrons. The molecule has 1 aromatic carbocycles. The first-order chi connectivity index (χ1) is 9.04. The molecule has 1 aromatic rings. The molecule has 1 atom stereocenters. The van der Waals surface area contributed by atoms with Crippen LogP contribution in [0.4, 0.5) is 4.39 Å². The third kappa shape index (κ3) is 5.70. The molecule has 0 aromatic heterocycles. The third-order valence-corrected chi connectivity index (χ3v) is 3.36. The van der Waals surface area contributed by atoms with Crippen molar-refractivity contribution in [1.29, 1.82) is 0 Å². The van der Waals surface area contributed by atoms with Crippen LogP contribution in [0.3, 0.4) is 0 Å². The van der Waals surface area contributed by atoms with Gasteiger partial charge in [0.2, 0.25) is 0 Å². The highest BCUT2D eigenvalue weighted by molar-refractivity contribution is 5.29. The van der Waals surface area contributed by atoms with Gasteiger partial charge in [0.1, 0.15) is 5.82 Å². The lowest BCUT2D eigenvalue weighted by Gasteiger charge is -2.19. The lowest BCUT2D eigenvalue weighted by molar-refractivity contribution is 0.115. The molecule has 0 spiro atoms. The minimum absolute atomic E-state index is 0.148. The molecule has 0 saturated heterocycles. The fraction of sp³-hybridized carbons (Fsp3) is 0.625. The molecule has 0 radical (unpaired) electrons. The van der Waals surface area contributed by atoms with Gasteiger partial charge in [0, 0.05) is 19.3 Å². The highest BCUT2D eigenvalue weighted by Crippen LogP contribution is 2.21. The Hall–Kier alpha value is -0.930. The number of rotatable bonds is 8. The first-order valence-electron chi connectivity index (χ1n) is 7.05. The summed E-state index contributed by atoms with van der Waals surface area (Å²) < 4.78 is 19.0. The third-order valence-electron chi connectivity index (χ3n) is 3.36. The number of halogens is 1. The van der Waals surface area contributed by atoms with Crippen molar-refractivity contribution in [1.82, 2.24) is 5.32 Å². The van der Waals surface area contributed by atoms with E-state index in [0.717, 1.165) is 30.6 Å². The predicted molar refractivity (Wildman–Crippen MR) is 77.8 cm³/mol. The van der Waals surface area contributed by atoms with Crippen molar-refractivity contribution in [3.63, 3.8) is 0 Å². The molecule has 19 heavy (non-hydrogen) atoms. The van der Waals surface area contributed by atoms with E-state index in [9.17, 15) is 4.39 Å². The summed E-state index contributed by atoms with van der Waals surface area (Å²) in [6.07, 6.45) is 1.95. The Bertz CT molecular complexity index is 379. The van der Waals surface area contributed by atoms with E-state index in [1.807, 2.05) is 20.0 Å². The van der Waals surface area contributed by atoms with Crippen LogP contribution in [0.25, 0.3) is 0 Å². The van der Waals surface area contributed by atoms with Gasteiger partial charge >= 0.3 is 0 Å². The maximum Gasteiger partial charge on any atom is 0.123 e. The van der Waals surface area contributed by atoms with Gasteiger partial charge in [-0.05, 0) is 56.0 Å². The van der Waals surface area contributed by atoms with E-state index in [4.69, 9.17) is 4.74 Å². The number of nitrogens with one attached hydrogen (secondary N) is 1. The Morgan fingerprint density at radius 2 is 1.89 bits per heavy atom. The summed E-state index contributed by atoms with van der Waals surface area (Å²) in [4.78, 5) is 0. The van der Waals surface area contributed by atoms with Gasteiger partial charge in [-0.1, -0.05) is 19.9 Å². The first kappa shape index (κ1) is 16.1. The van der Waals surface area contributed by atoms with Crippen molar-refractivity contribution in [2.75, 3.05) is 20.3 Å². The van der Waals surface area contributed by atoms with Crippen molar-refractivity contribution in [2.24, 2.45) is 5.92 Å². The van der Waals surface area contributed by atoms with E-state index in [1.54, 1.807) is 6.07 Å². The van der Waals surface area contributed by atoms with Crippen LogP contribution in [0, 0.1) is 18.7 Å². The molecule has 0 aliphatic carbocycles. The molecule has 0 fully saturated rings. The molecule has 0 aliphatic rings. The Labute approximate surface area is 116 Å². The SMILES string of the molecule is CNC(CCOCCC(C)C)c1cc(F)ccc1C. The topological polar surface area (TPSA) is 21.3 Å². The Kier molecular flexibility index (Phi) is 7.03. The molecule has 0 amide bonds. The molecule has 3 heteroatoms. The Morgan fingerprint density at radius 1 is 1.21 bits per heavy atom. The van der Waals surface area contributed by atoms with Gasteiger partial charge in [-0.2, -0.15) is 0 Å². The highest BCUT2D eigenvalue weighted by atomic mass is 19.1. The molecule has 1 N–H and O–H groups in total. The van der Waals surface area contributed by atoms with Crippen molar-refractivity contribution < 1.29 is 9.13 Å². The van der Waals surface area contributed by atoms with Gasteiger partial charge in [-0.3, -0.25) is 0 Å². The summed E-state index contributed by atoms with van der Waals surface area (Å²) in [7, 11) is 1.91. The van der Waals surface area contributed by atoms with Crippen LogP contribution >= 0.6 is 0 Å². The number of hydrogen-bond acceptors (Lipinski definition) is 2. The van der Waals surface area contributed by atoms with Crippen LogP contribution in [0.5, 0.6) is 0 Å². The number of aryl methyl sites for hydroxylation is 1. The molecule has 1 rings (SSSR count). The minimum Gasteiger partial charge on any atom is -0.381 e. The van der Waals surface area contributed by atoms with Gasteiger partial charge in [0.05, 0.1) is 0 Å². The Balaban J connectivity index is 2.47. The zero-order valence-corrected chi connectivity index (χ0v) is 12.5. The molecule has 0 heterocycles. The molecular formula is C16H26FNO. The molecular weight excluding hydrogens is 241 g/mol. The Morgan fingerprint density at radius 3 is 2.53 bits per heavy atom. The molecule has 0 bridgehead atoms. The van der Waals surface area contributed by atoms with Gasteiger partial charge in [-0.15, -0.1) is 0 Å². The zero-order chi connectivity index (χ0) is 14.3. The van der Waals surface area contributed by atoms with Crippen molar-refractivity contribution in [2.45, 2.75) is 39.7 Å². The average Bonchev–Trinajstić information content (AvgIpc) is 2.37. The fourth-order valence-corrected chi connectivity index (χ4v) is 2.06. The maximum atomic E-state index is 13.3. The molecule has 0 saturated carbocycles. The predicted octanol–water partition coefficient (Wildman–Crippen LogP) is 3.85. The smallest absolute Gasteiger partial charge is 0.123 e. The van der Waals surface area contributed by atoms with Crippen molar-refractivity contribution in [3.05, 3.63) is 35.1 Å². The lowest BCUT2D eigenvalue weighted by atomic mass is 9.99. The summed E-state index contributed by atoms with van der Waals surface area (Å²) >= 11 is 0. The minimum atomic E-state index is -0.179. The molecule has 1 unspecified atom stereocenters. The second-order valence-corrected chi connectivity index (χ2v) is 5.43. The van der Waals surface area contributed by atoms with Crippen molar-refractivity contribution >= 4 is 0 Å². The summed E-state index contributed by atoms with van der Waals surface area (Å²) in [5.41, 5.74) is 2.14. The van der Waals surface area contributed by atoms with E-state index >= 15 is 0 Å². The lowest BCUT2D eigenvalue weighted by Crippen LogP contribution is -2.19.